The van der Waals surface area contributed by atoms with Crippen molar-refractivity contribution in [2.45, 2.75) is 50.6 Å². The van der Waals surface area contributed by atoms with Crippen molar-refractivity contribution >= 4 is 5.69 Å². The summed E-state index contributed by atoms with van der Waals surface area (Å²) in [5.41, 5.74) is 3.35. The minimum absolute atomic E-state index is 0.00837. The highest BCUT2D eigenvalue weighted by Gasteiger charge is 2.36. The molecule has 0 radical (unpaired) electrons. The van der Waals surface area contributed by atoms with Crippen LogP contribution >= 0.6 is 0 Å². The van der Waals surface area contributed by atoms with E-state index in [0.717, 1.165) is 60.9 Å². The van der Waals surface area contributed by atoms with E-state index in [4.69, 9.17) is 28.4 Å². The number of benzene rings is 2. The van der Waals surface area contributed by atoms with Crippen LogP contribution in [0, 0.1) is 0 Å². The van der Waals surface area contributed by atoms with Crippen molar-refractivity contribution in [3.8, 4) is 11.5 Å². The predicted molar refractivity (Wildman–Crippen MR) is 155 cm³/mol. The summed E-state index contributed by atoms with van der Waals surface area (Å²) in [6.07, 6.45) is 1.05. The Labute approximate surface area is 238 Å². The zero-order chi connectivity index (χ0) is 28.2. The largest absolute Gasteiger partial charge is 0.494 e. The average Bonchev–Trinajstić information content (AvgIpc) is 2.98. The van der Waals surface area contributed by atoms with E-state index < -0.39 is 6.10 Å². The van der Waals surface area contributed by atoms with Crippen LogP contribution in [-0.4, -0.2) is 96.9 Å². The Morgan fingerprint density at radius 3 is 2.48 bits per heavy atom. The third kappa shape index (κ3) is 8.80. The first-order valence-corrected chi connectivity index (χ1v) is 14.4. The lowest BCUT2D eigenvalue weighted by molar-refractivity contribution is -0.0752. The monoisotopic (exact) mass is 558 g/mol. The lowest BCUT2D eigenvalue weighted by atomic mass is 9.85. The lowest BCUT2D eigenvalue weighted by Gasteiger charge is -2.39. The van der Waals surface area contributed by atoms with E-state index >= 15 is 0 Å². The molecule has 2 aromatic carbocycles. The van der Waals surface area contributed by atoms with Crippen LogP contribution in [0.4, 0.5) is 5.69 Å². The molecular formula is C31H46N2O7. The maximum atomic E-state index is 9.88. The zero-order valence-electron chi connectivity index (χ0n) is 24.2. The Hall–Kier alpha value is -2.40. The number of fused-ring (bicyclic) bond motifs is 1. The summed E-state index contributed by atoms with van der Waals surface area (Å²) >= 11 is 0. The minimum atomic E-state index is -0.533. The van der Waals surface area contributed by atoms with Gasteiger partial charge in [0.25, 0.3) is 0 Å². The van der Waals surface area contributed by atoms with Gasteiger partial charge >= 0.3 is 0 Å². The second-order valence-electron chi connectivity index (χ2n) is 10.5. The summed E-state index contributed by atoms with van der Waals surface area (Å²) in [5.74, 6) is 1.76. The maximum Gasteiger partial charge on any atom is 0.142 e. The summed E-state index contributed by atoms with van der Waals surface area (Å²) in [6, 6.07) is 14.5. The number of hydrogen-bond donors (Lipinski definition) is 2. The van der Waals surface area contributed by atoms with Crippen LogP contribution < -0.4 is 19.7 Å². The van der Waals surface area contributed by atoms with Gasteiger partial charge in [0.15, 0.2) is 0 Å². The van der Waals surface area contributed by atoms with Crippen LogP contribution in [0.2, 0.25) is 0 Å². The standard InChI is InChI=1S/C31H46N2O7/c1-23(34)21-39-29-19-32-20-30(31(29)25-7-9-26(10-8-25)37-16-5-15-36-3)40-22-24-6-11-28-27(18-24)33(13-17-38-28)12-4-14-35-2/h6-11,18,23,29-32,34H,4-5,12-17,19-22H2,1-3H3/t23-,29+,30-,31?/m0/s1. The molecule has 2 aliphatic rings. The van der Waals surface area contributed by atoms with Crippen molar-refractivity contribution in [1.82, 2.24) is 5.32 Å². The highest BCUT2D eigenvalue weighted by atomic mass is 16.5. The third-order valence-electron chi connectivity index (χ3n) is 7.29. The quantitative estimate of drug-likeness (QED) is 0.301. The summed E-state index contributed by atoms with van der Waals surface area (Å²) in [5, 5.41) is 13.4. The van der Waals surface area contributed by atoms with Gasteiger partial charge in [0.05, 0.1) is 50.4 Å². The van der Waals surface area contributed by atoms with Crippen molar-refractivity contribution in [3.05, 3.63) is 53.6 Å². The maximum absolute atomic E-state index is 9.88. The van der Waals surface area contributed by atoms with Gasteiger partial charge in [-0.05, 0) is 48.7 Å². The van der Waals surface area contributed by atoms with Crippen LogP contribution in [0.1, 0.15) is 36.8 Å². The van der Waals surface area contributed by atoms with Gasteiger partial charge < -0.3 is 43.7 Å². The van der Waals surface area contributed by atoms with Gasteiger partial charge in [-0.3, -0.25) is 0 Å². The smallest absolute Gasteiger partial charge is 0.142 e. The third-order valence-corrected chi connectivity index (χ3v) is 7.29. The summed E-state index contributed by atoms with van der Waals surface area (Å²) in [4.78, 5) is 2.37. The summed E-state index contributed by atoms with van der Waals surface area (Å²) in [7, 11) is 3.43. The van der Waals surface area contributed by atoms with Gasteiger partial charge in [-0.25, -0.2) is 0 Å². The highest BCUT2D eigenvalue weighted by Crippen LogP contribution is 2.35. The van der Waals surface area contributed by atoms with Crippen LogP contribution in [0.25, 0.3) is 0 Å². The van der Waals surface area contributed by atoms with E-state index in [2.05, 4.69) is 34.5 Å². The molecule has 0 aromatic heterocycles. The lowest BCUT2D eigenvalue weighted by Crippen LogP contribution is -2.51. The van der Waals surface area contributed by atoms with E-state index in [1.165, 1.54) is 0 Å². The van der Waals surface area contributed by atoms with Crippen molar-refractivity contribution in [1.29, 1.82) is 0 Å². The molecule has 9 nitrogen and oxygen atoms in total. The molecule has 0 aliphatic carbocycles. The Bertz CT molecular complexity index is 1000. The number of methoxy groups -OCH3 is 2. The average molecular weight is 559 g/mol. The molecule has 0 spiro atoms. The van der Waals surface area contributed by atoms with Crippen molar-refractivity contribution in [2.75, 3.05) is 78.3 Å². The number of aliphatic hydroxyl groups excluding tert-OH is 1. The van der Waals surface area contributed by atoms with Gasteiger partial charge in [-0.1, -0.05) is 18.2 Å². The van der Waals surface area contributed by atoms with Crippen molar-refractivity contribution in [2.24, 2.45) is 0 Å². The molecule has 40 heavy (non-hydrogen) atoms. The molecular weight excluding hydrogens is 512 g/mol. The number of nitrogens with zero attached hydrogens (tertiary/aromatic N) is 1. The van der Waals surface area contributed by atoms with Gasteiger partial charge in [0.2, 0.25) is 0 Å². The molecule has 0 saturated carbocycles. The molecule has 1 unspecified atom stereocenters. The van der Waals surface area contributed by atoms with Crippen molar-refractivity contribution in [3.63, 3.8) is 0 Å². The predicted octanol–water partition coefficient (Wildman–Crippen LogP) is 3.38. The van der Waals surface area contributed by atoms with E-state index in [9.17, 15) is 5.11 Å². The Morgan fingerprint density at radius 1 is 0.975 bits per heavy atom. The van der Waals surface area contributed by atoms with Crippen LogP contribution in [0.5, 0.6) is 11.5 Å². The summed E-state index contributed by atoms with van der Waals surface area (Å²) in [6.45, 7) is 8.42. The SMILES string of the molecule is COCCCOc1ccc(C2[C@@H](OCc3ccc4c(c3)N(CCCOC)CCO4)CNC[C@H]2OC[C@H](C)O)cc1. The molecule has 1 fully saturated rings. The normalized spacial score (nSPS) is 21.5. The fourth-order valence-corrected chi connectivity index (χ4v) is 5.30. The van der Waals surface area contributed by atoms with Crippen LogP contribution in [-0.2, 0) is 25.6 Å². The topological polar surface area (TPSA) is 90.9 Å². The van der Waals surface area contributed by atoms with Crippen LogP contribution in [0.3, 0.4) is 0 Å². The summed E-state index contributed by atoms with van der Waals surface area (Å²) < 4.78 is 34.9. The van der Waals surface area contributed by atoms with Crippen molar-refractivity contribution < 1.29 is 33.5 Å². The molecule has 2 N–H and O–H groups in total. The Morgan fingerprint density at radius 2 is 1.73 bits per heavy atom. The fraction of sp³-hybridized carbons (Fsp3) is 0.613. The number of nitrogens with one attached hydrogen (secondary N) is 1. The van der Waals surface area contributed by atoms with Crippen LogP contribution in [0.15, 0.2) is 42.5 Å². The van der Waals surface area contributed by atoms with E-state index in [1.54, 1.807) is 21.1 Å². The van der Waals surface area contributed by atoms with E-state index in [0.29, 0.717) is 39.5 Å². The molecule has 2 aliphatic heterocycles. The molecule has 1 saturated heterocycles. The fourth-order valence-electron chi connectivity index (χ4n) is 5.30. The van der Waals surface area contributed by atoms with Gasteiger partial charge in [-0.2, -0.15) is 0 Å². The Kier molecular flexibility index (Phi) is 12.3. The van der Waals surface area contributed by atoms with Gasteiger partial charge in [0.1, 0.15) is 18.1 Å². The number of aliphatic hydroxyl groups is 1. The molecule has 2 aromatic rings. The first kappa shape index (κ1) is 30.6. The second kappa shape index (κ2) is 16.1. The molecule has 4 atom stereocenters. The van der Waals surface area contributed by atoms with Gasteiger partial charge in [0, 0.05) is 59.4 Å². The second-order valence-corrected chi connectivity index (χ2v) is 10.5. The number of anilines is 1. The molecule has 0 amide bonds. The molecule has 2 heterocycles. The zero-order valence-corrected chi connectivity index (χ0v) is 24.2. The Balaban J connectivity index is 1.45. The molecule has 4 rings (SSSR count). The molecule has 222 valence electrons. The first-order valence-electron chi connectivity index (χ1n) is 14.4. The number of piperidine rings is 1. The molecule has 9 heteroatoms. The highest BCUT2D eigenvalue weighted by molar-refractivity contribution is 5.61. The number of hydrogen-bond acceptors (Lipinski definition) is 9. The first-order chi connectivity index (χ1) is 19.6. The number of rotatable bonds is 16. The van der Waals surface area contributed by atoms with E-state index in [1.807, 2.05) is 18.2 Å². The number of ether oxygens (including phenoxy) is 6. The molecule has 0 bridgehead atoms. The minimum Gasteiger partial charge on any atom is -0.494 e. The van der Waals surface area contributed by atoms with Gasteiger partial charge in [-0.15, -0.1) is 0 Å². The van der Waals surface area contributed by atoms with E-state index in [-0.39, 0.29) is 24.7 Å².